The van der Waals surface area contributed by atoms with E-state index in [1.165, 1.54) is 0 Å². The summed E-state index contributed by atoms with van der Waals surface area (Å²) in [5, 5.41) is 6.58. The fourth-order valence-corrected chi connectivity index (χ4v) is 3.62. The Hall–Kier alpha value is -3.86. The van der Waals surface area contributed by atoms with Crippen LogP contribution in [0.4, 0.5) is 0 Å². The first-order valence-corrected chi connectivity index (χ1v) is 10.4. The Kier molecular flexibility index (Phi) is 6.13. The number of hydrogen-bond donors (Lipinski definition) is 2. The van der Waals surface area contributed by atoms with Crippen molar-refractivity contribution in [2.24, 2.45) is 0 Å². The molecule has 2 amide bonds. The zero-order chi connectivity index (χ0) is 21.6. The van der Waals surface area contributed by atoms with Crippen LogP contribution in [0.25, 0.3) is 10.9 Å². The number of amides is 2. The Bertz CT molecular complexity index is 1180. The number of carbonyl (C=O) groups excluding carboxylic acids is 2. The van der Waals surface area contributed by atoms with Crippen LogP contribution in [0.3, 0.4) is 0 Å². The first-order valence-electron chi connectivity index (χ1n) is 10.4. The van der Waals surface area contributed by atoms with Crippen molar-refractivity contribution in [3.05, 3.63) is 108 Å². The van der Waals surface area contributed by atoms with Gasteiger partial charge in [0.2, 0.25) is 5.91 Å². The maximum absolute atomic E-state index is 13.0. The molecule has 4 rings (SSSR count). The van der Waals surface area contributed by atoms with E-state index in [0.717, 1.165) is 22.0 Å². The number of para-hydroxylation sites is 1. The van der Waals surface area contributed by atoms with Crippen LogP contribution in [0.5, 0.6) is 0 Å². The van der Waals surface area contributed by atoms with E-state index in [0.29, 0.717) is 18.7 Å². The lowest BCUT2D eigenvalue weighted by atomic mass is 10.1. The van der Waals surface area contributed by atoms with Gasteiger partial charge in [-0.2, -0.15) is 0 Å². The molecule has 1 heterocycles. The van der Waals surface area contributed by atoms with Crippen LogP contribution in [0.1, 0.15) is 28.4 Å². The van der Waals surface area contributed by atoms with Gasteiger partial charge in [0.1, 0.15) is 6.04 Å². The second-order valence-electron chi connectivity index (χ2n) is 7.57. The minimum absolute atomic E-state index is 0.217. The summed E-state index contributed by atoms with van der Waals surface area (Å²) in [5.41, 5.74) is 3.72. The molecule has 156 valence electrons. The van der Waals surface area contributed by atoms with Gasteiger partial charge in [0.05, 0.1) is 5.56 Å². The Labute approximate surface area is 181 Å². The number of benzene rings is 3. The molecule has 0 saturated heterocycles. The quantitative estimate of drug-likeness (QED) is 0.480. The molecule has 0 aliphatic carbocycles. The molecule has 0 fully saturated rings. The van der Waals surface area contributed by atoms with Crippen LogP contribution in [0, 0.1) is 0 Å². The van der Waals surface area contributed by atoms with Crippen LogP contribution in [0.2, 0.25) is 0 Å². The highest BCUT2D eigenvalue weighted by Crippen LogP contribution is 2.22. The molecule has 4 aromatic rings. The lowest BCUT2D eigenvalue weighted by molar-refractivity contribution is -0.122. The van der Waals surface area contributed by atoms with E-state index in [1.807, 2.05) is 79.0 Å². The Morgan fingerprint density at radius 3 is 2.16 bits per heavy atom. The number of nitrogens with zero attached hydrogens (tertiary/aromatic N) is 1. The summed E-state index contributed by atoms with van der Waals surface area (Å²) in [6, 6.07) is 27.0. The summed E-state index contributed by atoms with van der Waals surface area (Å²) in [6.45, 7) is 2.79. The van der Waals surface area contributed by atoms with E-state index in [4.69, 9.17) is 0 Å². The molecule has 0 radical (unpaired) electrons. The van der Waals surface area contributed by atoms with Crippen molar-refractivity contribution in [1.82, 2.24) is 15.2 Å². The van der Waals surface area contributed by atoms with Crippen molar-refractivity contribution in [1.29, 1.82) is 0 Å². The molecule has 1 aromatic heterocycles. The Balaban J connectivity index is 1.47. The van der Waals surface area contributed by atoms with Crippen LogP contribution in [0.15, 0.2) is 91.1 Å². The highest BCUT2D eigenvalue weighted by Gasteiger charge is 2.20. The molecule has 5 nitrogen and oxygen atoms in total. The van der Waals surface area contributed by atoms with Crippen LogP contribution >= 0.6 is 0 Å². The van der Waals surface area contributed by atoms with Gasteiger partial charge in [0.15, 0.2) is 0 Å². The van der Waals surface area contributed by atoms with Gasteiger partial charge in [-0.3, -0.25) is 9.59 Å². The molecule has 1 unspecified atom stereocenters. The lowest BCUT2D eigenvalue weighted by Crippen LogP contribution is -2.44. The molecule has 0 aliphatic rings. The van der Waals surface area contributed by atoms with Gasteiger partial charge in [0.25, 0.3) is 5.91 Å². The fraction of sp³-hybridized carbons (Fsp3) is 0.154. The monoisotopic (exact) mass is 411 g/mol. The van der Waals surface area contributed by atoms with Crippen molar-refractivity contribution in [2.75, 3.05) is 0 Å². The minimum atomic E-state index is -0.646. The van der Waals surface area contributed by atoms with Crippen molar-refractivity contribution in [2.45, 2.75) is 26.1 Å². The van der Waals surface area contributed by atoms with Gasteiger partial charge in [-0.15, -0.1) is 0 Å². The van der Waals surface area contributed by atoms with Gasteiger partial charge in [-0.25, -0.2) is 0 Å². The molecule has 1 atom stereocenters. The first kappa shape index (κ1) is 20.4. The van der Waals surface area contributed by atoms with E-state index in [1.54, 1.807) is 6.92 Å². The SMILES string of the molecule is CC(NC(=O)c1cn(Cc2ccccc2)c2ccccc12)C(=O)NCc1ccccc1. The highest BCUT2D eigenvalue weighted by atomic mass is 16.2. The molecule has 31 heavy (non-hydrogen) atoms. The van der Waals surface area contributed by atoms with Gasteiger partial charge >= 0.3 is 0 Å². The molecular formula is C26H25N3O2. The average molecular weight is 412 g/mol. The number of rotatable bonds is 7. The topological polar surface area (TPSA) is 63.1 Å². The third-order valence-corrected chi connectivity index (χ3v) is 5.28. The van der Waals surface area contributed by atoms with Crippen molar-refractivity contribution in [3.63, 3.8) is 0 Å². The first-order chi connectivity index (χ1) is 15.1. The Morgan fingerprint density at radius 1 is 0.839 bits per heavy atom. The standard InChI is InChI=1S/C26H25N3O2/c1-19(25(30)27-16-20-10-4-2-5-11-20)28-26(31)23-18-29(17-21-12-6-3-7-13-21)24-15-9-8-14-22(23)24/h2-15,18-19H,16-17H2,1H3,(H,27,30)(H,28,31). The fourth-order valence-electron chi connectivity index (χ4n) is 3.62. The summed E-state index contributed by atoms with van der Waals surface area (Å²) in [5.74, 6) is -0.476. The smallest absolute Gasteiger partial charge is 0.254 e. The van der Waals surface area contributed by atoms with E-state index in [2.05, 4.69) is 27.3 Å². The summed E-state index contributed by atoms with van der Waals surface area (Å²) >= 11 is 0. The summed E-state index contributed by atoms with van der Waals surface area (Å²) < 4.78 is 2.07. The van der Waals surface area contributed by atoms with Crippen molar-refractivity contribution in [3.8, 4) is 0 Å². The maximum atomic E-state index is 13.0. The highest BCUT2D eigenvalue weighted by molar-refractivity contribution is 6.08. The van der Waals surface area contributed by atoms with Crippen LogP contribution in [-0.2, 0) is 17.9 Å². The molecule has 0 spiro atoms. The molecule has 3 aromatic carbocycles. The summed E-state index contributed by atoms with van der Waals surface area (Å²) in [6.07, 6.45) is 1.86. The third-order valence-electron chi connectivity index (χ3n) is 5.28. The number of hydrogen-bond acceptors (Lipinski definition) is 2. The zero-order valence-corrected chi connectivity index (χ0v) is 17.4. The second-order valence-corrected chi connectivity index (χ2v) is 7.57. The average Bonchev–Trinajstić information content (AvgIpc) is 3.17. The van der Waals surface area contributed by atoms with Crippen LogP contribution in [-0.4, -0.2) is 22.4 Å². The summed E-state index contributed by atoms with van der Waals surface area (Å²) in [7, 11) is 0. The normalized spacial score (nSPS) is 11.8. The van der Waals surface area contributed by atoms with Gasteiger partial charge in [0, 0.05) is 30.2 Å². The molecular weight excluding hydrogens is 386 g/mol. The molecule has 0 saturated carbocycles. The minimum Gasteiger partial charge on any atom is -0.350 e. The maximum Gasteiger partial charge on any atom is 0.254 e. The molecule has 0 aliphatic heterocycles. The predicted octanol–water partition coefficient (Wildman–Crippen LogP) is 4.12. The van der Waals surface area contributed by atoms with E-state index in [-0.39, 0.29) is 11.8 Å². The van der Waals surface area contributed by atoms with Gasteiger partial charge in [-0.1, -0.05) is 78.9 Å². The predicted molar refractivity (Wildman–Crippen MR) is 123 cm³/mol. The summed E-state index contributed by atoms with van der Waals surface area (Å²) in [4.78, 5) is 25.5. The Morgan fingerprint density at radius 2 is 1.45 bits per heavy atom. The van der Waals surface area contributed by atoms with Crippen LogP contribution < -0.4 is 10.6 Å². The van der Waals surface area contributed by atoms with Crippen molar-refractivity contribution >= 4 is 22.7 Å². The number of carbonyl (C=O) groups is 2. The zero-order valence-electron chi connectivity index (χ0n) is 17.4. The number of nitrogens with one attached hydrogen (secondary N) is 2. The van der Waals surface area contributed by atoms with E-state index >= 15 is 0 Å². The molecule has 2 N–H and O–H groups in total. The number of fused-ring (bicyclic) bond motifs is 1. The van der Waals surface area contributed by atoms with Gasteiger partial charge in [-0.05, 0) is 24.1 Å². The van der Waals surface area contributed by atoms with Gasteiger partial charge < -0.3 is 15.2 Å². The third kappa shape index (κ3) is 4.83. The largest absolute Gasteiger partial charge is 0.350 e. The number of aromatic nitrogens is 1. The lowest BCUT2D eigenvalue weighted by Gasteiger charge is -2.14. The van der Waals surface area contributed by atoms with E-state index in [9.17, 15) is 9.59 Å². The molecule has 0 bridgehead atoms. The van der Waals surface area contributed by atoms with E-state index < -0.39 is 6.04 Å². The molecule has 5 heteroatoms. The van der Waals surface area contributed by atoms with Crippen molar-refractivity contribution < 1.29 is 9.59 Å². The second kappa shape index (κ2) is 9.30.